The van der Waals surface area contributed by atoms with Gasteiger partial charge in [0, 0.05) is 12.8 Å². The predicted octanol–water partition coefficient (Wildman–Crippen LogP) is -2.11. The molecule has 0 aromatic carbocycles. The molecule has 0 bridgehead atoms. The highest BCUT2D eigenvalue weighted by molar-refractivity contribution is 7.98. The number of hydrogen-bond acceptors (Lipinski definition) is 9. The largest absolute Gasteiger partial charge is 0.480 e. The SMILES string of the molecule is CSCCC(N)C(=O)NC(CCSC)C(=O)NC(CCC(N)=O)C(=O)NC(CCC(N)=O)C(=O)O. The number of carboxylic acids is 1. The fourth-order valence-electron chi connectivity index (χ4n) is 2.80. The van der Waals surface area contributed by atoms with Crippen LogP contribution in [0.1, 0.15) is 38.5 Å². The van der Waals surface area contributed by atoms with Crippen LogP contribution in [0.3, 0.4) is 0 Å². The smallest absolute Gasteiger partial charge is 0.326 e. The molecular weight excluding hydrogens is 500 g/mol. The van der Waals surface area contributed by atoms with Gasteiger partial charge in [0.1, 0.15) is 18.1 Å². The first-order chi connectivity index (χ1) is 16.4. The molecular formula is C20H36N6O7S2. The van der Waals surface area contributed by atoms with Crippen molar-refractivity contribution in [3.8, 4) is 0 Å². The second kappa shape index (κ2) is 17.8. The normalized spacial score (nSPS) is 14.1. The van der Waals surface area contributed by atoms with Crippen molar-refractivity contribution < 1.29 is 33.9 Å². The van der Waals surface area contributed by atoms with E-state index in [1.54, 1.807) is 0 Å². The molecule has 35 heavy (non-hydrogen) atoms. The first-order valence-corrected chi connectivity index (χ1v) is 13.7. The zero-order valence-corrected chi connectivity index (χ0v) is 21.5. The van der Waals surface area contributed by atoms with E-state index in [0.717, 1.165) is 0 Å². The molecule has 0 aliphatic rings. The monoisotopic (exact) mass is 536 g/mol. The minimum atomic E-state index is -1.44. The van der Waals surface area contributed by atoms with Crippen LogP contribution >= 0.6 is 23.5 Å². The number of nitrogens with one attached hydrogen (secondary N) is 3. The van der Waals surface area contributed by atoms with E-state index in [9.17, 15) is 33.9 Å². The van der Waals surface area contributed by atoms with Gasteiger partial charge in [0.25, 0.3) is 0 Å². The van der Waals surface area contributed by atoms with Crippen molar-refractivity contribution in [3.63, 3.8) is 0 Å². The lowest BCUT2D eigenvalue weighted by Crippen LogP contribution is -2.57. The Kier molecular flexibility index (Phi) is 16.6. The summed E-state index contributed by atoms with van der Waals surface area (Å²) in [5.74, 6) is -3.79. The first kappa shape index (κ1) is 32.5. The van der Waals surface area contributed by atoms with Crippen LogP contribution in [0.4, 0.5) is 0 Å². The Bertz CT molecular complexity index is 755. The van der Waals surface area contributed by atoms with Crippen molar-refractivity contribution in [1.82, 2.24) is 16.0 Å². The topological polar surface area (TPSA) is 237 Å². The number of carbonyl (C=O) groups excluding carboxylic acids is 5. The Hall–Kier alpha value is -2.52. The van der Waals surface area contributed by atoms with Crippen molar-refractivity contribution in [2.75, 3.05) is 24.0 Å². The summed E-state index contributed by atoms with van der Waals surface area (Å²) in [6.07, 6.45) is 3.35. The lowest BCUT2D eigenvalue weighted by Gasteiger charge is -2.25. The van der Waals surface area contributed by atoms with Gasteiger partial charge in [-0.15, -0.1) is 0 Å². The number of primary amides is 2. The molecule has 4 unspecified atom stereocenters. The van der Waals surface area contributed by atoms with Gasteiger partial charge in [-0.2, -0.15) is 23.5 Å². The summed E-state index contributed by atoms with van der Waals surface area (Å²) in [4.78, 5) is 71.9. The van der Waals surface area contributed by atoms with E-state index in [0.29, 0.717) is 17.9 Å². The fraction of sp³-hybridized carbons (Fsp3) is 0.700. The molecule has 0 saturated heterocycles. The summed E-state index contributed by atoms with van der Waals surface area (Å²) >= 11 is 2.97. The zero-order chi connectivity index (χ0) is 27.0. The Morgan fingerprint density at radius 2 is 1.09 bits per heavy atom. The highest BCUT2D eigenvalue weighted by Gasteiger charge is 2.30. The molecule has 5 amide bonds. The molecule has 15 heteroatoms. The van der Waals surface area contributed by atoms with Crippen LogP contribution in [-0.2, 0) is 28.8 Å². The Morgan fingerprint density at radius 3 is 1.54 bits per heavy atom. The van der Waals surface area contributed by atoms with Gasteiger partial charge in [-0.1, -0.05) is 0 Å². The van der Waals surface area contributed by atoms with Gasteiger partial charge in [-0.3, -0.25) is 24.0 Å². The summed E-state index contributed by atoms with van der Waals surface area (Å²) in [6.45, 7) is 0. The molecule has 0 radical (unpaired) electrons. The van der Waals surface area contributed by atoms with Gasteiger partial charge in [0.2, 0.25) is 29.5 Å². The van der Waals surface area contributed by atoms with Crippen LogP contribution < -0.4 is 33.2 Å². The molecule has 13 nitrogen and oxygen atoms in total. The van der Waals surface area contributed by atoms with Crippen molar-refractivity contribution >= 4 is 59.0 Å². The molecule has 0 rings (SSSR count). The summed E-state index contributed by atoms with van der Waals surface area (Å²) in [5.41, 5.74) is 16.1. The van der Waals surface area contributed by atoms with Crippen molar-refractivity contribution in [2.24, 2.45) is 17.2 Å². The molecule has 0 fully saturated rings. The van der Waals surface area contributed by atoms with Crippen molar-refractivity contribution in [2.45, 2.75) is 62.7 Å². The molecule has 0 aromatic heterocycles. The van der Waals surface area contributed by atoms with Gasteiger partial charge in [-0.25, -0.2) is 4.79 Å². The number of carbonyl (C=O) groups is 6. The third kappa shape index (κ3) is 14.5. The van der Waals surface area contributed by atoms with Crippen LogP contribution in [0.5, 0.6) is 0 Å². The molecule has 10 N–H and O–H groups in total. The van der Waals surface area contributed by atoms with Gasteiger partial charge in [-0.05, 0) is 49.7 Å². The third-order valence-corrected chi connectivity index (χ3v) is 6.11. The van der Waals surface area contributed by atoms with Gasteiger partial charge in [0.05, 0.1) is 6.04 Å². The summed E-state index contributed by atoms with van der Waals surface area (Å²) in [7, 11) is 0. The van der Waals surface area contributed by atoms with E-state index in [1.807, 2.05) is 12.5 Å². The van der Waals surface area contributed by atoms with Gasteiger partial charge >= 0.3 is 5.97 Å². The molecule has 0 heterocycles. The van der Waals surface area contributed by atoms with Crippen LogP contribution in [0.15, 0.2) is 0 Å². The minimum Gasteiger partial charge on any atom is -0.480 e. The van der Waals surface area contributed by atoms with Gasteiger partial charge in [0.15, 0.2) is 0 Å². The van der Waals surface area contributed by atoms with E-state index in [2.05, 4.69) is 16.0 Å². The first-order valence-electron chi connectivity index (χ1n) is 10.9. The third-order valence-electron chi connectivity index (χ3n) is 4.82. The maximum Gasteiger partial charge on any atom is 0.326 e. The number of carboxylic acid groups (broad SMARTS) is 1. The second-order valence-electron chi connectivity index (χ2n) is 7.70. The molecule has 0 spiro atoms. The number of thioether (sulfide) groups is 2. The predicted molar refractivity (Wildman–Crippen MR) is 134 cm³/mol. The Morgan fingerprint density at radius 1 is 0.686 bits per heavy atom. The van der Waals surface area contributed by atoms with E-state index in [4.69, 9.17) is 17.2 Å². The molecule has 0 saturated carbocycles. The molecule has 0 aliphatic heterocycles. The van der Waals surface area contributed by atoms with Crippen LogP contribution in [0.25, 0.3) is 0 Å². The number of aliphatic carboxylic acids is 1. The Labute approximate surface area is 212 Å². The van der Waals surface area contributed by atoms with E-state index >= 15 is 0 Å². The van der Waals surface area contributed by atoms with Crippen molar-refractivity contribution in [1.29, 1.82) is 0 Å². The number of rotatable bonds is 19. The van der Waals surface area contributed by atoms with E-state index in [-0.39, 0.29) is 32.1 Å². The quantitative estimate of drug-likeness (QED) is 0.0948. The maximum atomic E-state index is 13.0. The second-order valence-corrected chi connectivity index (χ2v) is 9.67. The summed E-state index contributed by atoms with van der Waals surface area (Å²) < 4.78 is 0. The standard InChI is InChI=1S/C20H36N6O7S2/c1-34-9-7-11(21)17(29)24-13(8-10-35-2)19(31)25-12(3-5-15(22)27)18(30)26-14(20(32)33)4-6-16(23)28/h11-14H,3-10,21H2,1-2H3,(H2,22,27)(H2,23,28)(H,24,29)(H,25,31)(H,26,30)(H,32,33). The average Bonchev–Trinajstić information content (AvgIpc) is 2.79. The molecule has 4 atom stereocenters. The average molecular weight is 537 g/mol. The van der Waals surface area contributed by atoms with Crippen LogP contribution in [-0.4, -0.2) is 88.8 Å². The molecule has 0 aliphatic carbocycles. The van der Waals surface area contributed by atoms with Crippen LogP contribution in [0, 0.1) is 0 Å². The lowest BCUT2D eigenvalue weighted by atomic mass is 10.1. The van der Waals surface area contributed by atoms with E-state index < -0.39 is 59.7 Å². The van der Waals surface area contributed by atoms with Crippen molar-refractivity contribution in [3.05, 3.63) is 0 Å². The molecule has 0 aromatic rings. The number of hydrogen-bond donors (Lipinski definition) is 7. The number of amides is 5. The molecule has 200 valence electrons. The maximum absolute atomic E-state index is 13.0. The summed E-state index contributed by atoms with van der Waals surface area (Å²) in [5, 5.41) is 16.6. The fourth-order valence-corrected chi connectivity index (χ4v) is 3.76. The highest BCUT2D eigenvalue weighted by atomic mass is 32.2. The van der Waals surface area contributed by atoms with Crippen LogP contribution in [0.2, 0.25) is 0 Å². The summed E-state index contributed by atoms with van der Waals surface area (Å²) in [6, 6.07) is -4.58. The van der Waals surface area contributed by atoms with Gasteiger partial charge < -0.3 is 38.3 Å². The minimum absolute atomic E-state index is 0.203. The Balaban J connectivity index is 5.50. The zero-order valence-electron chi connectivity index (χ0n) is 19.9. The lowest BCUT2D eigenvalue weighted by molar-refractivity contribution is -0.142. The number of nitrogens with two attached hydrogens (primary N) is 3. The van der Waals surface area contributed by atoms with E-state index in [1.165, 1.54) is 23.5 Å². The highest BCUT2D eigenvalue weighted by Crippen LogP contribution is 2.07.